The van der Waals surface area contributed by atoms with Gasteiger partial charge in [0.1, 0.15) is 6.10 Å². The Bertz CT molecular complexity index is 1290. The molecule has 5 rings (SSSR count). The Kier molecular flexibility index (Phi) is 5.10. The number of esters is 1. The van der Waals surface area contributed by atoms with Crippen LogP contribution in [0.25, 0.3) is 11.0 Å². The van der Waals surface area contributed by atoms with E-state index in [9.17, 15) is 14.9 Å². The van der Waals surface area contributed by atoms with Gasteiger partial charge in [-0.25, -0.2) is 4.79 Å². The van der Waals surface area contributed by atoms with Crippen LogP contribution in [-0.2, 0) is 16.1 Å². The van der Waals surface area contributed by atoms with Crippen molar-refractivity contribution in [2.45, 2.75) is 51.3 Å². The highest BCUT2D eigenvalue weighted by atomic mass is 16.7. The summed E-state index contributed by atoms with van der Waals surface area (Å²) in [5, 5.41) is 9.39. The number of carbonyl (C=O) groups is 1. The fraction of sp³-hybridized carbons (Fsp3) is 0.375. The van der Waals surface area contributed by atoms with Crippen molar-refractivity contribution in [1.29, 1.82) is 5.26 Å². The minimum absolute atomic E-state index is 0.0164. The molecule has 0 amide bonds. The first-order valence-electron chi connectivity index (χ1n) is 10.7. The van der Waals surface area contributed by atoms with Crippen LogP contribution < -0.4 is 15.2 Å². The van der Waals surface area contributed by atoms with Gasteiger partial charge in [-0.05, 0) is 61.6 Å². The molecule has 1 saturated carbocycles. The molecule has 0 radical (unpaired) electrons. The van der Waals surface area contributed by atoms with Crippen molar-refractivity contribution in [3.63, 3.8) is 0 Å². The molecule has 3 aromatic rings. The molecule has 164 valence electrons. The molecule has 0 N–H and O–H groups in total. The molecule has 1 aliphatic carbocycles. The quantitative estimate of drug-likeness (QED) is 0.585. The molecule has 0 spiro atoms. The zero-order chi connectivity index (χ0) is 22.2. The lowest BCUT2D eigenvalue weighted by molar-refractivity contribution is -0.148. The Hall–Kier alpha value is -3.73. The number of rotatable bonds is 4. The van der Waals surface area contributed by atoms with E-state index in [1.165, 1.54) is 6.92 Å². The van der Waals surface area contributed by atoms with Crippen LogP contribution in [0.1, 0.15) is 49.8 Å². The van der Waals surface area contributed by atoms with Crippen LogP contribution in [0, 0.1) is 11.3 Å². The predicted octanol–water partition coefficient (Wildman–Crippen LogP) is 3.50. The molecule has 2 aromatic carbocycles. The molecule has 8 heteroatoms. The molecule has 2 heterocycles. The Labute approximate surface area is 184 Å². The minimum Gasteiger partial charge on any atom is -0.463 e. The van der Waals surface area contributed by atoms with Gasteiger partial charge in [0.2, 0.25) is 6.79 Å². The molecular formula is C24H23N3O5. The number of fused-ring (bicyclic) bond motifs is 2. The number of carbonyl (C=O) groups excluding carboxylic acids is 1. The standard InChI is InChI=1S/C24H23N3O5/c1-15(28)32-19-6-4-18(5-7-19)27-20-8-2-16(12-25)10-21(20)26(24(27)29)13-17-3-9-22-23(11-17)31-14-30-22/h2-3,8-11,18-19H,4-7,13-14H2,1H3. The zero-order valence-corrected chi connectivity index (χ0v) is 17.7. The number of nitrogens with zero attached hydrogens (tertiary/aromatic N) is 3. The number of imidazole rings is 1. The monoisotopic (exact) mass is 433 g/mol. The highest BCUT2D eigenvalue weighted by Crippen LogP contribution is 2.34. The van der Waals surface area contributed by atoms with Crippen LogP contribution in [-0.4, -0.2) is 28.0 Å². The molecule has 32 heavy (non-hydrogen) atoms. The van der Waals surface area contributed by atoms with Gasteiger partial charge in [-0.3, -0.25) is 13.9 Å². The number of benzene rings is 2. The van der Waals surface area contributed by atoms with Gasteiger partial charge in [0.25, 0.3) is 0 Å². The largest absolute Gasteiger partial charge is 0.463 e. The molecule has 0 unspecified atom stereocenters. The van der Waals surface area contributed by atoms with Crippen molar-refractivity contribution in [3.05, 3.63) is 58.0 Å². The second kappa shape index (κ2) is 8.08. The third-order valence-corrected chi connectivity index (χ3v) is 6.21. The van der Waals surface area contributed by atoms with Gasteiger partial charge < -0.3 is 14.2 Å². The van der Waals surface area contributed by atoms with E-state index in [0.717, 1.165) is 42.3 Å². The smallest absolute Gasteiger partial charge is 0.329 e. The number of ether oxygens (including phenoxy) is 3. The molecule has 0 saturated heterocycles. The van der Waals surface area contributed by atoms with E-state index in [1.54, 1.807) is 16.7 Å². The van der Waals surface area contributed by atoms with Crippen molar-refractivity contribution in [2.24, 2.45) is 0 Å². The van der Waals surface area contributed by atoms with Crippen LogP contribution in [0.3, 0.4) is 0 Å². The van der Waals surface area contributed by atoms with Crippen molar-refractivity contribution in [3.8, 4) is 17.6 Å². The molecule has 2 aliphatic rings. The van der Waals surface area contributed by atoms with Crippen LogP contribution in [0.15, 0.2) is 41.2 Å². The molecule has 1 aliphatic heterocycles. The molecule has 1 fully saturated rings. The van der Waals surface area contributed by atoms with E-state index >= 15 is 0 Å². The summed E-state index contributed by atoms with van der Waals surface area (Å²) in [5.41, 5.74) is 2.85. The average molecular weight is 433 g/mol. The maximum absolute atomic E-state index is 13.6. The van der Waals surface area contributed by atoms with Crippen molar-refractivity contribution >= 4 is 17.0 Å². The number of hydrogen-bond acceptors (Lipinski definition) is 6. The summed E-state index contributed by atoms with van der Waals surface area (Å²) in [4.78, 5) is 24.9. The van der Waals surface area contributed by atoms with Gasteiger partial charge in [0.15, 0.2) is 11.5 Å². The molecule has 0 bridgehead atoms. The van der Waals surface area contributed by atoms with Crippen LogP contribution in [0.2, 0.25) is 0 Å². The number of hydrogen-bond donors (Lipinski definition) is 0. The zero-order valence-electron chi connectivity index (χ0n) is 17.7. The lowest BCUT2D eigenvalue weighted by Gasteiger charge is -2.28. The Balaban J connectivity index is 1.52. The van der Waals surface area contributed by atoms with Gasteiger partial charge in [0.05, 0.1) is 29.2 Å². The van der Waals surface area contributed by atoms with Crippen molar-refractivity contribution in [2.75, 3.05) is 6.79 Å². The summed E-state index contributed by atoms with van der Waals surface area (Å²) in [5.74, 6) is 1.09. The van der Waals surface area contributed by atoms with Crippen molar-refractivity contribution < 1.29 is 19.0 Å². The first-order chi connectivity index (χ1) is 15.5. The minimum atomic E-state index is -0.269. The van der Waals surface area contributed by atoms with E-state index in [4.69, 9.17) is 14.2 Å². The number of aromatic nitrogens is 2. The fourth-order valence-corrected chi connectivity index (χ4v) is 4.73. The topological polar surface area (TPSA) is 95.5 Å². The molecular weight excluding hydrogens is 410 g/mol. The maximum Gasteiger partial charge on any atom is 0.329 e. The van der Waals surface area contributed by atoms with Crippen molar-refractivity contribution in [1.82, 2.24) is 9.13 Å². The summed E-state index contributed by atoms with van der Waals surface area (Å²) in [7, 11) is 0. The van der Waals surface area contributed by atoms with Crippen LogP contribution >= 0.6 is 0 Å². The summed E-state index contributed by atoms with van der Waals surface area (Å²) >= 11 is 0. The van der Waals surface area contributed by atoms with E-state index in [0.29, 0.717) is 23.6 Å². The summed E-state index contributed by atoms with van der Waals surface area (Å²) in [6.07, 6.45) is 2.86. The Morgan fingerprint density at radius 1 is 1.09 bits per heavy atom. The summed E-state index contributed by atoms with van der Waals surface area (Å²) in [6, 6.07) is 13.2. The Morgan fingerprint density at radius 3 is 2.62 bits per heavy atom. The SMILES string of the molecule is CC(=O)OC1CCC(n2c(=O)n(Cc3ccc4c(c3)OCO4)c3cc(C#N)ccc32)CC1. The maximum atomic E-state index is 13.6. The average Bonchev–Trinajstić information content (AvgIpc) is 3.36. The normalized spacial score (nSPS) is 19.6. The number of nitriles is 1. The van der Waals surface area contributed by atoms with E-state index in [1.807, 2.05) is 28.8 Å². The fourth-order valence-electron chi connectivity index (χ4n) is 4.73. The van der Waals surface area contributed by atoms with Gasteiger partial charge in [-0.15, -0.1) is 0 Å². The lowest BCUT2D eigenvalue weighted by atomic mass is 9.92. The van der Waals surface area contributed by atoms with E-state index < -0.39 is 0 Å². The molecule has 8 nitrogen and oxygen atoms in total. The highest BCUT2D eigenvalue weighted by molar-refractivity contribution is 5.78. The summed E-state index contributed by atoms with van der Waals surface area (Å²) < 4.78 is 19.8. The molecule has 0 atom stereocenters. The third kappa shape index (κ3) is 3.60. The van der Waals surface area contributed by atoms with Crippen LogP contribution in [0.5, 0.6) is 11.5 Å². The second-order valence-electron chi connectivity index (χ2n) is 8.28. The van der Waals surface area contributed by atoms with E-state index in [-0.39, 0.29) is 30.6 Å². The van der Waals surface area contributed by atoms with Gasteiger partial charge >= 0.3 is 11.7 Å². The van der Waals surface area contributed by atoms with Gasteiger partial charge in [-0.2, -0.15) is 5.26 Å². The van der Waals surface area contributed by atoms with Crippen LogP contribution in [0.4, 0.5) is 0 Å². The van der Waals surface area contributed by atoms with Gasteiger partial charge in [0, 0.05) is 13.0 Å². The third-order valence-electron chi connectivity index (χ3n) is 6.21. The Morgan fingerprint density at radius 2 is 1.88 bits per heavy atom. The molecule has 1 aromatic heterocycles. The first kappa shape index (κ1) is 20.2. The summed E-state index contributed by atoms with van der Waals surface area (Å²) in [6.45, 7) is 1.98. The highest BCUT2D eigenvalue weighted by Gasteiger charge is 2.28. The first-order valence-corrected chi connectivity index (χ1v) is 10.7. The predicted molar refractivity (Wildman–Crippen MR) is 116 cm³/mol. The lowest BCUT2D eigenvalue weighted by Crippen LogP contribution is -2.32. The van der Waals surface area contributed by atoms with Gasteiger partial charge in [-0.1, -0.05) is 6.07 Å². The van der Waals surface area contributed by atoms with E-state index in [2.05, 4.69) is 6.07 Å². The second-order valence-corrected chi connectivity index (χ2v) is 8.28.